The number of hydrogen-bond acceptors (Lipinski definition) is 5. The molecule has 0 radical (unpaired) electrons. The predicted molar refractivity (Wildman–Crippen MR) is 87.7 cm³/mol. The molecule has 3 rings (SSSR count). The van der Waals surface area contributed by atoms with Gasteiger partial charge in [0, 0.05) is 31.3 Å². The molecule has 126 valence electrons. The summed E-state index contributed by atoms with van der Waals surface area (Å²) in [5.41, 5.74) is 0.500. The first kappa shape index (κ1) is 16.4. The Morgan fingerprint density at radius 3 is 2.67 bits per heavy atom. The monoisotopic (exact) mass is 348 g/mol. The van der Waals surface area contributed by atoms with Gasteiger partial charge in [-0.25, -0.2) is 4.98 Å². The summed E-state index contributed by atoms with van der Waals surface area (Å²) in [5, 5.41) is 6.85. The largest absolute Gasteiger partial charge is 0.360 e. The molecule has 1 aliphatic heterocycles. The first-order chi connectivity index (χ1) is 11.5. The van der Waals surface area contributed by atoms with Crippen molar-refractivity contribution in [3.63, 3.8) is 0 Å². The first-order valence-corrected chi connectivity index (χ1v) is 8.06. The van der Waals surface area contributed by atoms with Crippen LogP contribution < -0.4 is 5.32 Å². The number of carbonyl (C=O) groups excluding carboxylic acids is 2. The van der Waals surface area contributed by atoms with Crippen LogP contribution in [0.15, 0.2) is 28.9 Å². The van der Waals surface area contributed by atoms with E-state index >= 15 is 0 Å². The second-order valence-corrected chi connectivity index (χ2v) is 6.14. The molecule has 0 atom stereocenters. The van der Waals surface area contributed by atoms with Gasteiger partial charge in [-0.3, -0.25) is 9.59 Å². The van der Waals surface area contributed by atoms with E-state index in [-0.39, 0.29) is 17.7 Å². The highest BCUT2D eigenvalue weighted by Gasteiger charge is 2.28. The van der Waals surface area contributed by atoms with Crippen LogP contribution in [-0.4, -0.2) is 39.9 Å². The average Bonchev–Trinajstić information content (AvgIpc) is 3.00. The number of amides is 2. The molecule has 0 aliphatic carbocycles. The lowest BCUT2D eigenvalue weighted by molar-refractivity contribution is -0.121. The van der Waals surface area contributed by atoms with E-state index < -0.39 is 0 Å². The van der Waals surface area contributed by atoms with Gasteiger partial charge in [0.15, 0.2) is 5.82 Å². The summed E-state index contributed by atoms with van der Waals surface area (Å²) >= 11 is 5.73. The van der Waals surface area contributed by atoms with Crippen molar-refractivity contribution in [3.05, 3.63) is 40.9 Å². The number of nitrogens with zero attached hydrogens (tertiary/aromatic N) is 3. The SMILES string of the molecule is Cc1cc(NC(=O)C2CCN(C(=O)c3ccc(Cl)nc3)CC2)no1. The number of aromatic nitrogens is 2. The highest BCUT2D eigenvalue weighted by Crippen LogP contribution is 2.21. The summed E-state index contributed by atoms with van der Waals surface area (Å²) in [6.07, 6.45) is 2.68. The maximum atomic E-state index is 12.4. The van der Waals surface area contributed by atoms with Crippen molar-refractivity contribution in [1.29, 1.82) is 0 Å². The smallest absolute Gasteiger partial charge is 0.255 e. The molecule has 8 heteroatoms. The van der Waals surface area contributed by atoms with Crippen molar-refractivity contribution in [2.75, 3.05) is 18.4 Å². The minimum atomic E-state index is -0.144. The van der Waals surface area contributed by atoms with Crippen LogP contribution in [0.1, 0.15) is 29.0 Å². The Balaban J connectivity index is 1.54. The fraction of sp³-hybridized carbons (Fsp3) is 0.375. The van der Waals surface area contributed by atoms with Gasteiger partial charge in [-0.05, 0) is 31.9 Å². The van der Waals surface area contributed by atoms with E-state index in [9.17, 15) is 9.59 Å². The van der Waals surface area contributed by atoms with Crippen molar-refractivity contribution in [2.24, 2.45) is 5.92 Å². The van der Waals surface area contributed by atoms with Crippen LogP contribution in [0.2, 0.25) is 5.15 Å². The molecule has 0 unspecified atom stereocenters. The molecule has 0 spiro atoms. The van der Waals surface area contributed by atoms with Gasteiger partial charge >= 0.3 is 0 Å². The number of pyridine rings is 1. The van der Waals surface area contributed by atoms with Crippen LogP contribution in [0.3, 0.4) is 0 Å². The molecule has 1 N–H and O–H groups in total. The van der Waals surface area contributed by atoms with Crippen LogP contribution in [-0.2, 0) is 4.79 Å². The van der Waals surface area contributed by atoms with E-state index in [2.05, 4.69) is 15.5 Å². The molecule has 2 amide bonds. The van der Waals surface area contributed by atoms with Gasteiger partial charge in [0.1, 0.15) is 10.9 Å². The number of rotatable bonds is 3. The van der Waals surface area contributed by atoms with Crippen molar-refractivity contribution in [1.82, 2.24) is 15.0 Å². The summed E-state index contributed by atoms with van der Waals surface area (Å²) in [4.78, 5) is 30.3. The minimum absolute atomic E-state index is 0.0925. The van der Waals surface area contributed by atoms with Crippen molar-refractivity contribution >= 4 is 29.2 Å². The Labute approximate surface area is 144 Å². The Hall–Kier alpha value is -2.41. The van der Waals surface area contributed by atoms with E-state index in [1.54, 1.807) is 30.0 Å². The van der Waals surface area contributed by atoms with Crippen LogP contribution in [0.5, 0.6) is 0 Å². The van der Waals surface area contributed by atoms with Crippen molar-refractivity contribution in [2.45, 2.75) is 19.8 Å². The highest BCUT2D eigenvalue weighted by atomic mass is 35.5. The molecule has 0 aromatic carbocycles. The maximum absolute atomic E-state index is 12.4. The Morgan fingerprint density at radius 1 is 1.33 bits per heavy atom. The summed E-state index contributed by atoms with van der Waals surface area (Å²) in [7, 11) is 0. The average molecular weight is 349 g/mol. The van der Waals surface area contributed by atoms with E-state index in [4.69, 9.17) is 16.1 Å². The van der Waals surface area contributed by atoms with Gasteiger partial charge in [0.25, 0.3) is 5.91 Å². The number of nitrogens with one attached hydrogen (secondary N) is 1. The fourth-order valence-corrected chi connectivity index (χ4v) is 2.80. The van der Waals surface area contributed by atoms with E-state index in [0.29, 0.717) is 48.2 Å². The summed E-state index contributed by atoms with van der Waals surface area (Å²) in [5.74, 6) is 0.730. The van der Waals surface area contributed by atoms with Crippen molar-refractivity contribution in [3.8, 4) is 0 Å². The van der Waals surface area contributed by atoms with E-state index in [0.717, 1.165) is 0 Å². The van der Waals surface area contributed by atoms with Crippen LogP contribution >= 0.6 is 11.6 Å². The zero-order valence-electron chi connectivity index (χ0n) is 13.2. The third-order valence-corrected chi connectivity index (χ3v) is 4.23. The van der Waals surface area contributed by atoms with Gasteiger partial charge in [0.05, 0.1) is 5.56 Å². The normalized spacial score (nSPS) is 15.3. The molecule has 2 aromatic heterocycles. The van der Waals surface area contributed by atoms with Crippen LogP contribution in [0, 0.1) is 12.8 Å². The molecule has 1 fully saturated rings. The van der Waals surface area contributed by atoms with Gasteiger partial charge < -0.3 is 14.7 Å². The van der Waals surface area contributed by atoms with E-state index in [1.807, 2.05) is 0 Å². The molecule has 2 aromatic rings. The number of piperidine rings is 1. The van der Waals surface area contributed by atoms with Gasteiger partial charge in [-0.1, -0.05) is 16.8 Å². The molecule has 0 saturated carbocycles. The standard InChI is InChI=1S/C16H17ClN4O3/c1-10-8-14(20-24-10)19-15(22)11-4-6-21(7-5-11)16(23)12-2-3-13(17)18-9-12/h2-3,8-9,11H,4-7H2,1H3,(H,19,20,22). The number of aryl methyl sites for hydroxylation is 1. The number of hydrogen-bond donors (Lipinski definition) is 1. The molecular weight excluding hydrogens is 332 g/mol. The zero-order valence-corrected chi connectivity index (χ0v) is 13.9. The lowest BCUT2D eigenvalue weighted by atomic mass is 9.95. The fourth-order valence-electron chi connectivity index (χ4n) is 2.68. The molecule has 3 heterocycles. The Bertz CT molecular complexity index is 736. The number of halogens is 1. The number of carbonyl (C=O) groups is 2. The lowest BCUT2D eigenvalue weighted by Gasteiger charge is -2.31. The number of anilines is 1. The third-order valence-electron chi connectivity index (χ3n) is 4.01. The van der Waals surface area contributed by atoms with Gasteiger partial charge in [0.2, 0.25) is 5.91 Å². The lowest BCUT2D eigenvalue weighted by Crippen LogP contribution is -2.41. The Kier molecular flexibility index (Phi) is 4.80. The van der Waals surface area contributed by atoms with Crippen LogP contribution in [0.4, 0.5) is 5.82 Å². The van der Waals surface area contributed by atoms with Gasteiger partial charge in [-0.15, -0.1) is 0 Å². The van der Waals surface area contributed by atoms with E-state index in [1.165, 1.54) is 6.20 Å². The second kappa shape index (κ2) is 7.00. The topological polar surface area (TPSA) is 88.3 Å². The molecule has 7 nitrogen and oxygen atoms in total. The molecule has 1 saturated heterocycles. The van der Waals surface area contributed by atoms with Crippen molar-refractivity contribution < 1.29 is 14.1 Å². The molecule has 24 heavy (non-hydrogen) atoms. The molecular formula is C16H17ClN4O3. The quantitative estimate of drug-likeness (QED) is 0.861. The summed E-state index contributed by atoms with van der Waals surface area (Å²) in [6.45, 7) is 2.81. The predicted octanol–water partition coefficient (Wildman–Crippen LogP) is 2.52. The first-order valence-electron chi connectivity index (χ1n) is 7.68. The minimum Gasteiger partial charge on any atom is -0.360 e. The summed E-state index contributed by atoms with van der Waals surface area (Å²) < 4.78 is 4.93. The molecule has 1 aliphatic rings. The maximum Gasteiger partial charge on any atom is 0.255 e. The summed E-state index contributed by atoms with van der Waals surface area (Å²) in [6, 6.07) is 4.92. The van der Waals surface area contributed by atoms with Gasteiger partial charge in [-0.2, -0.15) is 0 Å². The number of likely N-dealkylation sites (tertiary alicyclic amines) is 1. The Morgan fingerprint density at radius 2 is 2.08 bits per heavy atom. The zero-order chi connectivity index (χ0) is 17.1. The highest BCUT2D eigenvalue weighted by molar-refractivity contribution is 6.29. The second-order valence-electron chi connectivity index (χ2n) is 5.75. The van der Waals surface area contributed by atoms with Crippen LogP contribution in [0.25, 0.3) is 0 Å². The third kappa shape index (κ3) is 3.73. The molecule has 0 bridgehead atoms.